The largest absolute Gasteiger partial charge is 0.507 e. The van der Waals surface area contributed by atoms with Gasteiger partial charge in [0.1, 0.15) is 12.4 Å². The highest BCUT2D eigenvalue weighted by molar-refractivity contribution is 6.34. The summed E-state index contributed by atoms with van der Waals surface area (Å²) in [7, 11) is 0. The third-order valence-corrected chi connectivity index (χ3v) is 13.1. The number of nitrogens with zero attached hydrogens (tertiary/aromatic N) is 2. The number of phenols is 5. The average Bonchev–Trinajstić information content (AvgIpc) is 3.91. The number of phenolic OH excluding ortho intramolecular Hbond substituents is 5. The number of hydrogen-bond acceptors (Lipinski definition) is 9. The number of fused-ring (bicyclic) bond motifs is 1. The summed E-state index contributed by atoms with van der Waals surface area (Å²) in [5.41, 5.74) is 6.52. The number of aryl methyl sites for hydroxylation is 2. The fourth-order valence-electron chi connectivity index (χ4n) is 10.2. The molecule has 0 unspecified atom stereocenters. The van der Waals surface area contributed by atoms with Crippen molar-refractivity contribution in [2.24, 2.45) is 26.7 Å². The summed E-state index contributed by atoms with van der Waals surface area (Å²) < 4.78 is 0. The summed E-state index contributed by atoms with van der Waals surface area (Å²) in [5, 5.41) is 68.7. The minimum atomic E-state index is -0.359. The summed E-state index contributed by atoms with van der Waals surface area (Å²) in [6, 6.07) is 16.2. The van der Waals surface area contributed by atoms with Gasteiger partial charge in [-0.15, -0.1) is 0 Å². The molecule has 2 fully saturated rings. The van der Waals surface area contributed by atoms with E-state index in [9.17, 15) is 30.6 Å². The highest BCUT2D eigenvalue weighted by Crippen LogP contribution is 2.59. The lowest BCUT2D eigenvalue weighted by Crippen LogP contribution is -2.56. The van der Waals surface area contributed by atoms with Crippen molar-refractivity contribution in [3.63, 3.8) is 0 Å². The van der Waals surface area contributed by atoms with Gasteiger partial charge >= 0.3 is 0 Å². The Bertz CT molecular complexity index is 2130. The number of aliphatic hydroxyl groups excluding tert-OH is 1. The van der Waals surface area contributed by atoms with Crippen molar-refractivity contribution in [1.29, 1.82) is 0 Å². The van der Waals surface area contributed by atoms with Crippen LogP contribution in [-0.2, 0) is 25.8 Å². The van der Waals surface area contributed by atoms with Crippen LogP contribution in [0.5, 0.6) is 28.7 Å². The second kappa shape index (κ2) is 17.1. The van der Waals surface area contributed by atoms with Gasteiger partial charge in [0.2, 0.25) is 0 Å². The molecular formula is C47H57N3O6. The predicted octanol–water partition coefficient (Wildman–Crippen LogP) is 8.97. The van der Waals surface area contributed by atoms with Gasteiger partial charge in [-0.25, -0.2) is 0 Å². The lowest BCUT2D eigenvalue weighted by molar-refractivity contribution is -0.0233. The maximum absolute atomic E-state index is 11.4. The van der Waals surface area contributed by atoms with Crippen molar-refractivity contribution < 1.29 is 30.6 Å². The zero-order valence-corrected chi connectivity index (χ0v) is 32.6. The van der Waals surface area contributed by atoms with E-state index in [-0.39, 0.29) is 57.5 Å². The number of aliphatic hydroxyl groups is 1. The van der Waals surface area contributed by atoms with E-state index in [4.69, 9.17) is 4.99 Å². The minimum absolute atomic E-state index is 0.136. The third-order valence-electron chi connectivity index (χ3n) is 13.1. The van der Waals surface area contributed by atoms with Crippen molar-refractivity contribution in [3.05, 3.63) is 88.0 Å². The van der Waals surface area contributed by atoms with E-state index < -0.39 is 0 Å². The molecule has 1 spiro atoms. The van der Waals surface area contributed by atoms with Crippen LogP contribution in [0.4, 0.5) is 0 Å². The van der Waals surface area contributed by atoms with Crippen LogP contribution in [0.15, 0.2) is 64.6 Å². The Balaban J connectivity index is 1.15. The van der Waals surface area contributed by atoms with E-state index >= 15 is 0 Å². The van der Waals surface area contributed by atoms with Crippen molar-refractivity contribution in [3.8, 4) is 28.7 Å². The Hall–Kier alpha value is -4.86. The second-order valence-corrected chi connectivity index (χ2v) is 16.3. The van der Waals surface area contributed by atoms with E-state index in [2.05, 4.69) is 35.4 Å². The number of aromatic hydroxyl groups is 5. The van der Waals surface area contributed by atoms with E-state index in [0.717, 1.165) is 56.3 Å². The molecule has 2 saturated carbocycles. The monoisotopic (exact) mass is 759 g/mol. The highest BCUT2D eigenvalue weighted by Gasteiger charge is 2.56. The van der Waals surface area contributed by atoms with E-state index in [1.54, 1.807) is 24.3 Å². The summed E-state index contributed by atoms with van der Waals surface area (Å²) in [5.74, 6) is -1.06. The first-order chi connectivity index (χ1) is 27.2. The first kappa shape index (κ1) is 39.4. The predicted molar refractivity (Wildman–Crippen MR) is 225 cm³/mol. The lowest BCUT2D eigenvalue weighted by atomic mass is 9.52. The zero-order chi connectivity index (χ0) is 39.3. The van der Waals surface area contributed by atoms with Gasteiger partial charge in [-0.1, -0.05) is 87.6 Å². The molecule has 0 bridgehead atoms. The molecule has 0 radical (unpaired) electrons. The number of rotatable bonds is 15. The Labute approximate surface area is 330 Å². The standard InChI is InChI=1S/C47H57N3O6/c1-2-3-4-9-33-24-31(12-16-34(33)26-48-29-47(42-27-49-30-50-42)23-8-22-46(41(47)28-51)20-5-6-21-46)14-18-37-35(17-13-32-15-19-38(52)40(54)25-32)36-10-7-11-39(53)43(36)45(56)44(37)55/h7,10-13,15-17,19,24-25,27,41,48,51-56H,2-6,8-9,14,18,20-23,26,28-30H2,1H3/t41-,47-/m0/s1. The highest BCUT2D eigenvalue weighted by atomic mass is 16.3. The Kier molecular flexibility index (Phi) is 12.0. The summed E-state index contributed by atoms with van der Waals surface area (Å²) in [4.78, 5) is 9.39. The van der Waals surface area contributed by atoms with Crippen LogP contribution in [0, 0.1) is 16.7 Å². The molecule has 56 heavy (non-hydrogen) atoms. The molecule has 0 amide bonds. The van der Waals surface area contributed by atoms with Crippen LogP contribution in [0.2, 0.25) is 0 Å². The topological polar surface area (TPSA) is 158 Å². The van der Waals surface area contributed by atoms with E-state index in [1.807, 2.05) is 12.3 Å². The van der Waals surface area contributed by atoms with Crippen molar-refractivity contribution in [2.45, 2.75) is 96.9 Å². The first-order valence-electron chi connectivity index (χ1n) is 20.5. The molecule has 2 atom stereocenters. The molecule has 296 valence electrons. The Morgan fingerprint density at radius 3 is 2.36 bits per heavy atom. The number of aliphatic imine (C=N–C) groups is 2. The summed E-state index contributed by atoms with van der Waals surface area (Å²) in [6.45, 7) is 4.33. The number of hydrogen-bond donors (Lipinski definition) is 7. The number of unbranched alkanes of at least 4 members (excludes halogenated alkanes) is 2. The van der Waals surface area contributed by atoms with Gasteiger partial charge in [0, 0.05) is 42.8 Å². The minimum Gasteiger partial charge on any atom is -0.507 e. The van der Waals surface area contributed by atoms with Crippen molar-refractivity contribution in [1.82, 2.24) is 5.32 Å². The molecule has 9 nitrogen and oxygen atoms in total. The molecule has 1 heterocycles. The molecule has 2 aliphatic carbocycles. The molecule has 7 rings (SSSR count). The molecule has 9 heteroatoms. The maximum Gasteiger partial charge on any atom is 0.169 e. The van der Waals surface area contributed by atoms with Crippen molar-refractivity contribution in [2.75, 3.05) is 19.8 Å². The van der Waals surface area contributed by atoms with Crippen LogP contribution in [0.25, 0.3) is 22.9 Å². The van der Waals surface area contributed by atoms with E-state index in [0.29, 0.717) is 48.1 Å². The molecule has 0 saturated heterocycles. The first-order valence-corrected chi connectivity index (χ1v) is 20.5. The smallest absolute Gasteiger partial charge is 0.169 e. The SMILES string of the molecule is CCCCCc1cc(CCc2c(O)c(O)c3c(O)cccc3c2C=Cc2ccc(O)c(O)c2)ccc1CNC[C@@]1(C2=NCN=C2)CCCC2(CCCC2)[C@@H]1CO. The Morgan fingerprint density at radius 2 is 1.61 bits per heavy atom. The Morgan fingerprint density at radius 1 is 0.786 bits per heavy atom. The van der Waals surface area contributed by atoms with Gasteiger partial charge in [0.15, 0.2) is 23.0 Å². The second-order valence-electron chi connectivity index (χ2n) is 16.3. The van der Waals surface area contributed by atoms with Crippen LogP contribution in [-0.4, -0.2) is 62.4 Å². The van der Waals surface area contributed by atoms with Gasteiger partial charge in [0.25, 0.3) is 0 Å². The summed E-state index contributed by atoms with van der Waals surface area (Å²) in [6.07, 6.45) is 19.1. The van der Waals surface area contributed by atoms with Gasteiger partial charge in [-0.2, -0.15) is 0 Å². The van der Waals surface area contributed by atoms with Crippen LogP contribution >= 0.6 is 0 Å². The van der Waals surface area contributed by atoms with E-state index in [1.165, 1.54) is 61.4 Å². The molecule has 1 aliphatic heterocycles. The molecule has 4 aromatic rings. The maximum atomic E-state index is 11.4. The van der Waals surface area contributed by atoms with Gasteiger partial charge < -0.3 is 36.0 Å². The fraction of sp³-hybridized carbons (Fsp3) is 0.447. The molecular weight excluding hydrogens is 703 g/mol. The number of benzene rings is 4. The lowest BCUT2D eigenvalue weighted by Gasteiger charge is -2.53. The van der Waals surface area contributed by atoms with Crippen LogP contribution in [0.1, 0.15) is 105 Å². The van der Waals surface area contributed by atoms with Crippen molar-refractivity contribution >= 4 is 34.9 Å². The van der Waals surface area contributed by atoms with Gasteiger partial charge in [-0.3, -0.25) is 9.98 Å². The van der Waals surface area contributed by atoms with Crippen LogP contribution in [0.3, 0.4) is 0 Å². The molecule has 0 aromatic heterocycles. The number of nitrogens with one attached hydrogen (secondary N) is 1. The molecule has 4 aromatic carbocycles. The average molecular weight is 760 g/mol. The zero-order valence-electron chi connectivity index (χ0n) is 32.6. The summed E-state index contributed by atoms with van der Waals surface area (Å²) >= 11 is 0. The van der Waals surface area contributed by atoms with Crippen LogP contribution < -0.4 is 5.32 Å². The third kappa shape index (κ3) is 7.76. The normalized spacial score (nSPS) is 20.5. The molecule has 7 N–H and O–H groups in total. The molecule has 3 aliphatic rings. The van der Waals surface area contributed by atoms with Gasteiger partial charge in [0.05, 0.1) is 11.1 Å². The van der Waals surface area contributed by atoms with Gasteiger partial charge in [-0.05, 0) is 108 Å². The fourth-order valence-corrected chi connectivity index (χ4v) is 10.2. The quantitative estimate of drug-likeness (QED) is 0.0362.